The third kappa shape index (κ3) is 4.31. The lowest BCUT2D eigenvalue weighted by molar-refractivity contribution is -0.149. The third-order valence-electron chi connectivity index (χ3n) is 4.43. The van der Waals surface area contributed by atoms with E-state index < -0.39 is 0 Å². The number of esters is 1. The van der Waals surface area contributed by atoms with E-state index in [1.54, 1.807) is 0 Å². The maximum atomic E-state index is 11.9. The molecule has 3 nitrogen and oxygen atoms in total. The molecule has 1 aromatic rings. The minimum atomic E-state index is -0.0208. The van der Waals surface area contributed by atoms with Crippen LogP contribution < -0.4 is 5.32 Å². The minimum absolute atomic E-state index is 0.0208. The van der Waals surface area contributed by atoms with Crippen LogP contribution in [-0.2, 0) is 9.53 Å². The van der Waals surface area contributed by atoms with Gasteiger partial charge in [0.05, 0.1) is 12.5 Å². The summed E-state index contributed by atoms with van der Waals surface area (Å²) in [7, 11) is 0. The van der Waals surface area contributed by atoms with Crippen molar-refractivity contribution in [2.24, 2.45) is 5.92 Å². The summed E-state index contributed by atoms with van der Waals surface area (Å²) in [6.07, 6.45) is 4.11. The number of hydrogen-bond acceptors (Lipinski definition) is 3. The van der Waals surface area contributed by atoms with Gasteiger partial charge in [-0.2, -0.15) is 0 Å². The fourth-order valence-corrected chi connectivity index (χ4v) is 3.33. The van der Waals surface area contributed by atoms with Gasteiger partial charge in [0.25, 0.3) is 0 Å². The number of hydrogen-bond donors (Lipinski definition) is 1. The van der Waals surface area contributed by atoms with E-state index >= 15 is 0 Å². The Bertz CT molecular complexity index is 472. The molecule has 0 aliphatic heterocycles. The maximum Gasteiger partial charge on any atom is 0.308 e. The first kappa shape index (κ1) is 16.0. The summed E-state index contributed by atoms with van der Waals surface area (Å²) in [5.74, 6) is 0.0489. The van der Waals surface area contributed by atoms with Crippen molar-refractivity contribution in [3.8, 4) is 0 Å². The van der Waals surface area contributed by atoms with Crippen molar-refractivity contribution in [3.05, 3.63) is 35.4 Å². The summed E-state index contributed by atoms with van der Waals surface area (Å²) < 4.78 is 5.17. The third-order valence-corrected chi connectivity index (χ3v) is 4.43. The van der Waals surface area contributed by atoms with Crippen LogP contribution in [0.25, 0.3) is 0 Å². The average Bonchev–Trinajstić information content (AvgIpc) is 2.48. The van der Waals surface area contributed by atoms with E-state index in [0.717, 1.165) is 25.7 Å². The molecule has 3 heteroatoms. The van der Waals surface area contributed by atoms with Gasteiger partial charge in [-0.05, 0) is 51.2 Å². The van der Waals surface area contributed by atoms with Crippen LogP contribution in [0.3, 0.4) is 0 Å². The normalized spacial score (nSPS) is 23.6. The highest BCUT2D eigenvalue weighted by molar-refractivity contribution is 5.72. The quantitative estimate of drug-likeness (QED) is 0.839. The van der Waals surface area contributed by atoms with Gasteiger partial charge in [-0.3, -0.25) is 4.79 Å². The molecule has 1 saturated carbocycles. The van der Waals surface area contributed by atoms with Crippen molar-refractivity contribution in [1.29, 1.82) is 0 Å². The average molecular weight is 289 g/mol. The molecule has 21 heavy (non-hydrogen) atoms. The van der Waals surface area contributed by atoms with Crippen molar-refractivity contribution in [3.63, 3.8) is 0 Å². The molecule has 1 N–H and O–H groups in total. The second-order valence-electron chi connectivity index (χ2n) is 6.06. The van der Waals surface area contributed by atoms with Crippen LogP contribution in [0.15, 0.2) is 24.3 Å². The van der Waals surface area contributed by atoms with Crippen LogP contribution in [-0.4, -0.2) is 18.6 Å². The summed E-state index contributed by atoms with van der Waals surface area (Å²) in [6.45, 7) is 6.70. The first-order chi connectivity index (χ1) is 10.1. The largest absolute Gasteiger partial charge is 0.466 e. The first-order valence-corrected chi connectivity index (χ1v) is 8.10. The number of aryl methyl sites for hydroxylation is 1. The lowest BCUT2D eigenvalue weighted by atomic mass is 9.85. The van der Waals surface area contributed by atoms with E-state index in [9.17, 15) is 4.79 Å². The Kier molecular flexibility index (Phi) is 5.80. The molecule has 0 aromatic heterocycles. The highest BCUT2D eigenvalue weighted by atomic mass is 16.5. The smallest absolute Gasteiger partial charge is 0.308 e. The van der Waals surface area contributed by atoms with Crippen LogP contribution in [0.4, 0.5) is 0 Å². The second-order valence-corrected chi connectivity index (χ2v) is 6.06. The van der Waals surface area contributed by atoms with Crippen molar-refractivity contribution in [2.45, 2.75) is 58.5 Å². The molecule has 2 unspecified atom stereocenters. The van der Waals surface area contributed by atoms with Gasteiger partial charge in [-0.25, -0.2) is 0 Å². The van der Waals surface area contributed by atoms with Crippen LogP contribution in [0, 0.1) is 12.8 Å². The number of carbonyl (C=O) groups is 1. The second kappa shape index (κ2) is 7.60. The molecule has 0 amide bonds. The molecule has 0 heterocycles. The molecule has 0 radical (unpaired) electrons. The van der Waals surface area contributed by atoms with Crippen molar-refractivity contribution < 1.29 is 9.53 Å². The van der Waals surface area contributed by atoms with Gasteiger partial charge in [0.1, 0.15) is 0 Å². The molecule has 2 rings (SSSR count). The molecular weight excluding hydrogens is 262 g/mol. The van der Waals surface area contributed by atoms with Gasteiger partial charge in [0, 0.05) is 12.1 Å². The summed E-state index contributed by atoms with van der Waals surface area (Å²) in [4.78, 5) is 11.9. The van der Waals surface area contributed by atoms with Gasteiger partial charge in [-0.15, -0.1) is 0 Å². The molecular formula is C18H27NO2. The summed E-state index contributed by atoms with van der Waals surface area (Å²) in [5, 5.41) is 3.70. The number of rotatable bonds is 5. The molecule has 0 spiro atoms. The predicted molar refractivity (Wildman–Crippen MR) is 85.1 cm³/mol. The molecule has 1 aliphatic rings. The number of ether oxygens (including phenoxy) is 1. The van der Waals surface area contributed by atoms with Crippen LogP contribution in [0.5, 0.6) is 0 Å². The van der Waals surface area contributed by atoms with Gasteiger partial charge in [0.2, 0.25) is 0 Å². The number of benzene rings is 1. The molecule has 116 valence electrons. The highest BCUT2D eigenvalue weighted by Gasteiger charge is 2.29. The van der Waals surface area contributed by atoms with E-state index in [2.05, 4.69) is 43.4 Å². The number of nitrogens with one attached hydrogen (secondary N) is 1. The maximum absolute atomic E-state index is 11.9. The molecule has 1 aliphatic carbocycles. The van der Waals surface area contributed by atoms with Crippen LogP contribution >= 0.6 is 0 Å². The van der Waals surface area contributed by atoms with E-state index in [4.69, 9.17) is 4.74 Å². The Hall–Kier alpha value is -1.35. The zero-order valence-corrected chi connectivity index (χ0v) is 13.4. The monoisotopic (exact) mass is 289 g/mol. The highest BCUT2D eigenvalue weighted by Crippen LogP contribution is 2.27. The summed E-state index contributed by atoms with van der Waals surface area (Å²) in [6, 6.07) is 9.21. The SMILES string of the molecule is CCOC(=O)C1CCCC(N[C@H](C)c2ccccc2C)C1. The standard InChI is InChI=1S/C18H27NO2/c1-4-21-18(20)15-9-7-10-16(12-15)19-14(3)17-11-6-5-8-13(17)2/h5-6,8,11,14-16,19H,4,7,9-10,12H2,1-3H3/t14-,15?,16?/m1/s1. The Morgan fingerprint density at radius 2 is 2.14 bits per heavy atom. The molecule has 1 aromatic carbocycles. The molecule has 0 saturated heterocycles. The zero-order chi connectivity index (χ0) is 15.2. The van der Waals surface area contributed by atoms with E-state index in [-0.39, 0.29) is 11.9 Å². The first-order valence-electron chi connectivity index (χ1n) is 8.10. The van der Waals surface area contributed by atoms with Gasteiger partial charge in [0.15, 0.2) is 0 Å². The van der Waals surface area contributed by atoms with Crippen molar-refractivity contribution in [1.82, 2.24) is 5.32 Å². The molecule has 3 atom stereocenters. The van der Waals surface area contributed by atoms with Crippen molar-refractivity contribution in [2.75, 3.05) is 6.61 Å². The Labute approximate surface area is 128 Å². The summed E-state index contributed by atoms with van der Waals surface area (Å²) >= 11 is 0. The van der Waals surface area contributed by atoms with Gasteiger partial charge in [-0.1, -0.05) is 30.7 Å². The predicted octanol–water partition coefficient (Wildman–Crippen LogP) is 3.77. The number of carbonyl (C=O) groups excluding carboxylic acids is 1. The van der Waals surface area contributed by atoms with Gasteiger partial charge >= 0.3 is 5.97 Å². The Morgan fingerprint density at radius 3 is 2.86 bits per heavy atom. The Morgan fingerprint density at radius 1 is 1.38 bits per heavy atom. The fourth-order valence-electron chi connectivity index (χ4n) is 3.33. The van der Waals surface area contributed by atoms with Crippen LogP contribution in [0.2, 0.25) is 0 Å². The fraction of sp³-hybridized carbons (Fsp3) is 0.611. The molecule has 1 fully saturated rings. The van der Waals surface area contributed by atoms with E-state index in [1.807, 2.05) is 6.92 Å². The molecule has 0 bridgehead atoms. The lowest BCUT2D eigenvalue weighted by Gasteiger charge is -2.31. The zero-order valence-electron chi connectivity index (χ0n) is 13.4. The summed E-state index contributed by atoms with van der Waals surface area (Å²) in [5.41, 5.74) is 2.66. The topological polar surface area (TPSA) is 38.3 Å². The van der Waals surface area contributed by atoms with E-state index in [0.29, 0.717) is 18.7 Å². The minimum Gasteiger partial charge on any atom is -0.466 e. The lowest BCUT2D eigenvalue weighted by Crippen LogP contribution is -2.38. The van der Waals surface area contributed by atoms with Crippen LogP contribution in [0.1, 0.15) is 56.7 Å². The van der Waals surface area contributed by atoms with Gasteiger partial charge < -0.3 is 10.1 Å². The Balaban J connectivity index is 1.93. The van der Waals surface area contributed by atoms with E-state index in [1.165, 1.54) is 11.1 Å². The van der Waals surface area contributed by atoms with Crippen molar-refractivity contribution >= 4 is 5.97 Å².